The van der Waals surface area contributed by atoms with Crippen molar-refractivity contribution in [3.63, 3.8) is 0 Å². The van der Waals surface area contributed by atoms with Crippen molar-refractivity contribution in [2.75, 3.05) is 0 Å². The van der Waals surface area contributed by atoms with Crippen LogP contribution in [0.25, 0.3) is 5.69 Å². The molecule has 130 valence electrons. The van der Waals surface area contributed by atoms with Gasteiger partial charge in [-0.05, 0) is 37.8 Å². The summed E-state index contributed by atoms with van der Waals surface area (Å²) in [7, 11) is 0. The highest BCUT2D eigenvalue weighted by Crippen LogP contribution is 2.27. The van der Waals surface area contributed by atoms with E-state index in [-0.39, 0.29) is 17.6 Å². The number of hydrogen-bond acceptors (Lipinski definition) is 5. The Kier molecular flexibility index (Phi) is 3.96. The Morgan fingerprint density at radius 3 is 2.76 bits per heavy atom. The molecule has 0 radical (unpaired) electrons. The number of hydrogen-bond donors (Lipinski definition) is 2. The van der Waals surface area contributed by atoms with Gasteiger partial charge in [0.2, 0.25) is 0 Å². The molecule has 2 bridgehead atoms. The lowest BCUT2D eigenvalue weighted by Gasteiger charge is -2.29. The highest BCUT2D eigenvalue weighted by Gasteiger charge is 2.34. The number of rotatable bonds is 4. The van der Waals surface area contributed by atoms with Gasteiger partial charge in [-0.15, -0.1) is 0 Å². The first-order chi connectivity index (χ1) is 12.1. The van der Waals surface area contributed by atoms with Crippen LogP contribution in [-0.4, -0.2) is 38.7 Å². The van der Waals surface area contributed by atoms with E-state index in [0.29, 0.717) is 23.5 Å². The lowest BCUT2D eigenvalue weighted by molar-refractivity contribution is -0.384. The molecule has 0 aliphatic carbocycles. The Hall–Kier alpha value is -2.74. The molecule has 2 fully saturated rings. The first kappa shape index (κ1) is 15.8. The van der Waals surface area contributed by atoms with Gasteiger partial charge in [-0.25, -0.2) is 4.68 Å². The number of nitro benzene ring substituents is 1. The molecule has 0 saturated carbocycles. The Bertz CT molecular complexity index is 806. The minimum Gasteiger partial charge on any atom is -0.348 e. The molecule has 2 aromatic rings. The van der Waals surface area contributed by atoms with Crippen molar-refractivity contribution in [2.24, 2.45) is 0 Å². The molecule has 8 heteroatoms. The normalized spacial score (nSPS) is 24.9. The number of nitro groups is 1. The predicted molar refractivity (Wildman–Crippen MR) is 90.7 cm³/mol. The zero-order valence-electron chi connectivity index (χ0n) is 13.6. The van der Waals surface area contributed by atoms with Crippen molar-refractivity contribution in [1.29, 1.82) is 0 Å². The zero-order valence-corrected chi connectivity index (χ0v) is 13.6. The second-order valence-corrected chi connectivity index (χ2v) is 6.70. The van der Waals surface area contributed by atoms with E-state index in [1.54, 1.807) is 24.4 Å². The molecule has 3 heterocycles. The Morgan fingerprint density at radius 1 is 1.28 bits per heavy atom. The van der Waals surface area contributed by atoms with Gasteiger partial charge in [-0.3, -0.25) is 14.9 Å². The van der Waals surface area contributed by atoms with E-state index in [1.807, 2.05) is 0 Å². The number of benzene rings is 1. The van der Waals surface area contributed by atoms with Crippen molar-refractivity contribution in [1.82, 2.24) is 20.4 Å². The number of amides is 1. The van der Waals surface area contributed by atoms with Crippen LogP contribution in [0.4, 0.5) is 5.69 Å². The molecule has 4 rings (SSSR count). The summed E-state index contributed by atoms with van der Waals surface area (Å²) in [5, 5.41) is 21.8. The van der Waals surface area contributed by atoms with E-state index in [9.17, 15) is 14.9 Å². The van der Waals surface area contributed by atoms with Crippen molar-refractivity contribution in [3.8, 4) is 5.69 Å². The van der Waals surface area contributed by atoms with E-state index >= 15 is 0 Å². The van der Waals surface area contributed by atoms with Gasteiger partial charge in [0.1, 0.15) is 0 Å². The standard InChI is InChI=1S/C17H19N5O3/c23-17(19-13-8-11-4-5-12(9-13)18-11)16-6-7-21(20-16)14-2-1-3-15(10-14)22(24)25/h1-3,6-7,10-13,18H,4-5,8-9H2,(H,19,23). The van der Waals surface area contributed by atoms with Crippen molar-refractivity contribution < 1.29 is 9.72 Å². The number of carbonyl (C=O) groups is 1. The molecule has 25 heavy (non-hydrogen) atoms. The predicted octanol–water partition coefficient (Wildman–Crippen LogP) is 1.79. The fourth-order valence-electron chi connectivity index (χ4n) is 3.77. The highest BCUT2D eigenvalue weighted by molar-refractivity contribution is 5.92. The maximum absolute atomic E-state index is 12.5. The van der Waals surface area contributed by atoms with Gasteiger partial charge in [0.25, 0.3) is 11.6 Å². The van der Waals surface area contributed by atoms with Gasteiger partial charge in [-0.2, -0.15) is 5.10 Å². The largest absolute Gasteiger partial charge is 0.348 e. The fourth-order valence-corrected chi connectivity index (χ4v) is 3.77. The summed E-state index contributed by atoms with van der Waals surface area (Å²) in [6.45, 7) is 0. The van der Waals surface area contributed by atoms with Gasteiger partial charge in [0, 0.05) is 36.5 Å². The molecule has 2 atom stereocenters. The lowest BCUT2D eigenvalue weighted by Crippen LogP contribution is -2.48. The third-order valence-corrected chi connectivity index (χ3v) is 4.94. The van der Waals surface area contributed by atoms with Gasteiger partial charge in [-0.1, -0.05) is 6.07 Å². The molecular formula is C17H19N5O3. The van der Waals surface area contributed by atoms with E-state index in [2.05, 4.69) is 15.7 Å². The number of piperidine rings is 1. The Balaban J connectivity index is 1.46. The van der Waals surface area contributed by atoms with Crippen LogP contribution in [0.5, 0.6) is 0 Å². The van der Waals surface area contributed by atoms with Crippen LogP contribution >= 0.6 is 0 Å². The van der Waals surface area contributed by atoms with Crippen LogP contribution in [0.3, 0.4) is 0 Å². The summed E-state index contributed by atoms with van der Waals surface area (Å²) >= 11 is 0. The molecule has 2 saturated heterocycles. The second kappa shape index (κ2) is 6.29. The van der Waals surface area contributed by atoms with Crippen molar-refractivity contribution in [2.45, 2.75) is 43.8 Å². The first-order valence-corrected chi connectivity index (χ1v) is 8.46. The molecule has 2 N–H and O–H groups in total. The fraction of sp³-hybridized carbons (Fsp3) is 0.412. The van der Waals surface area contributed by atoms with Gasteiger partial charge in [0.15, 0.2) is 5.69 Å². The third kappa shape index (κ3) is 3.25. The van der Waals surface area contributed by atoms with Crippen molar-refractivity contribution in [3.05, 3.63) is 52.3 Å². The van der Waals surface area contributed by atoms with Gasteiger partial charge < -0.3 is 10.6 Å². The number of nitrogens with one attached hydrogen (secondary N) is 2. The van der Waals surface area contributed by atoms with Crippen LogP contribution < -0.4 is 10.6 Å². The molecule has 1 aromatic heterocycles. The van der Waals surface area contributed by atoms with Crippen LogP contribution in [0.2, 0.25) is 0 Å². The van der Waals surface area contributed by atoms with Crippen LogP contribution in [-0.2, 0) is 0 Å². The van der Waals surface area contributed by atoms with Crippen molar-refractivity contribution >= 4 is 11.6 Å². The molecule has 1 aromatic carbocycles. The quantitative estimate of drug-likeness (QED) is 0.652. The van der Waals surface area contributed by atoms with E-state index < -0.39 is 4.92 Å². The molecular weight excluding hydrogens is 322 g/mol. The highest BCUT2D eigenvalue weighted by atomic mass is 16.6. The number of carbonyl (C=O) groups excluding carboxylic acids is 1. The number of non-ortho nitro benzene ring substituents is 1. The molecule has 0 spiro atoms. The Morgan fingerprint density at radius 2 is 2.04 bits per heavy atom. The van der Waals surface area contributed by atoms with E-state index in [1.165, 1.54) is 29.7 Å². The molecule has 2 aliphatic rings. The number of nitrogens with zero attached hydrogens (tertiary/aromatic N) is 3. The summed E-state index contributed by atoms with van der Waals surface area (Å²) < 4.78 is 1.48. The van der Waals surface area contributed by atoms with E-state index in [4.69, 9.17) is 0 Å². The van der Waals surface area contributed by atoms with Gasteiger partial charge >= 0.3 is 0 Å². The summed E-state index contributed by atoms with van der Waals surface area (Å²) in [4.78, 5) is 22.9. The van der Waals surface area contributed by atoms with Crippen LogP contribution in [0.15, 0.2) is 36.5 Å². The number of aromatic nitrogens is 2. The minimum absolute atomic E-state index is 0.0100. The summed E-state index contributed by atoms with van der Waals surface area (Å²) in [5.41, 5.74) is 0.856. The van der Waals surface area contributed by atoms with Crippen LogP contribution in [0, 0.1) is 10.1 Å². The minimum atomic E-state index is -0.452. The maximum atomic E-state index is 12.5. The Labute approximate surface area is 144 Å². The van der Waals surface area contributed by atoms with Crippen LogP contribution in [0.1, 0.15) is 36.2 Å². The van der Waals surface area contributed by atoms with Gasteiger partial charge in [0.05, 0.1) is 10.6 Å². The smallest absolute Gasteiger partial charge is 0.272 e. The van der Waals surface area contributed by atoms with E-state index in [0.717, 1.165) is 12.8 Å². The molecule has 2 unspecified atom stereocenters. The lowest BCUT2D eigenvalue weighted by atomic mass is 10.00. The average molecular weight is 341 g/mol. The second-order valence-electron chi connectivity index (χ2n) is 6.70. The third-order valence-electron chi connectivity index (χ3n) is 4.94. The SMILES string of the molecule is O=C(NC1CC2CCC(C1)N2)c1ccn(-c2cccc([N+](=O)[O-])c2)n1. The molecule has 8 nitrogen and oxygen atoms in total. The maximum Gasteiger partial charge on any atom is 0.272 e. The monoisotopic (exact) mass is 341 g/mol. The molecule has 1 amide bonds. The topological polar surface area (TPSA) is 102 Å². The first-order valence-electron chi connectivity index (χ1n) is 8.46. The average Bonchev–Trinajstić information content (AvgIpc) is 3.22. The summed E-state index contributed by atoms with van der Waals surface area (Å²) in [6.07, 6.45) is 5.90. The summed E-state index contributed by atoms with van der Waals surface area (Å²) in [6, 6.07) is 8.98. The number of fused-ring (bicyclic) bond motifs is 2. The molecule has 2 aliphatic heterocycles. The summed E-state index contributed by atoms with van der Waals surface area (Å²) in [5.74, 6) is -0.199. The zero-order chi connectivity index (χ0) is 17.4.